The Bertz CT molecular complexity index is 782. The van der Waals surface area contributed by atoms with Crippen molar-refractivity contribution in [2.75, 3.05) is 19.8 Å². The van der Waals surface area contributed by atoms with E-state index in [1.54, 1.807) is 11.8 Å². The average Bonchev–Trinajstić information content (AvgIpc) is 2.72. The smallest absolute Gasteiger partial charge is 0.257 e. The number of ether oxygens (including phenoxy) is 2. The summed E-state index contributed by atoms with van der Waals surface area (Å²) in [5, 5.41) is 6.97. The molecule has 2 aliphatic rings. The first-order valence-electron chi connectivity index (χ1n) is 10.5. The van der Waals surface area contributed by atoms with Gasteiger partial charge in [-0.15, -0.1) is 11.8 Å². The van der Waals surface area contributed by atoms with Crippen molar-refractivity contribution < 1.29 is 19.1 Å². The standard InChI is InChI=1S/C22H29ClN2O4S/c1-3-28-20(29-4-2)13-24-21(26)15-8-9-18-17(12-15)25-22(27)19(30-18)11-14-6-5-7-16(23)10-14/h5-7,10-11,15,17-18,20H,3-4,8-9,12-13H2,1-2H3,(H,24,26)(H,25,27)/b19-11+. The summed E-state index contributed by atoms with van der Waals surface area (Å²) in [7, 11) is 0. The lowest BCUT2D eigenvalue weighted by Gasteiger charge is -2.39. The van der Waals surface area contributed by atoms with Gasteiger partial charge in [0.05, 0.1) is 11.4 Å². The Morgan fingerprint density at radius 3 is 2.80 bits per heavy atom. The van der Waals surface area contributed by atoms with E-state index in [0.717, 1.165) is 18.4 Å². The van der Waals surface area contributed by atoms with Crippen molar-refractivity contribution in [3.8, 4) is 0 Å². The van der Waals surface area contributed by atoms with Crippen molar-refractivity contribution in [2.24, 2.45) is 5.92 Å². The van der Waals surface area contributed by atoms with Crippen LogP contribution in [0.3, 0.4) is 0 Å². The third kappa shape index (κ3) is 6.23. The van der Waals surface area contributed by atoms with Crippen molar-refractivity contribution in [1.29, 1.82) is 0 Å². The quantitative estimate of drug-likeness (QED) is 0.465. The van der Waals surface area contributed by atoms with Crippen molar-refractivity contribution in [2.45, 2.75) is 50.7 Å². The molecule has 1 saturated heterocycles. The van der Waals surface area contributed by atoms with Gasteiger partial charge in [0.25, 0.3) is 5.91 Å². The van der Waals surface area contributed by atoms with Crippen LogP contribution in [0, 0.1) is 5.92 Å². The number of rotatable bonds is 8. The molecule has 6 nitrogen and oxygen atoms in total. The second-order valence-electron chi connectivity index (χ2n) is 7.40. The van der Waals surface area contributed by atoms with E-state index in [-0.39, 0.29) is 29.0 Å². The molecule has 8 heteroatoms. The normalized spacial score (nSPS) is 25.1. The second kappa shape index (κ2) is 11.2. The maximum absolute atomic E-state index is 12.6. The highest BCUT2D eigenvalue weighted by Gasteiger charge is 2.39. The largest absolute Gasteiger partial charge is 0.351 e. The van der Waals surface area contributed by atoms with Crippen LogP contribution in [0.15, 0.2) is 29.2 Å². The first kappa shape index (κ1) is 23.1. The van der Waals surface area contributed by atoms with Crippen LogP contribution in [0.25, 0.3) is 6.08 Å². The van der Waals surface area contributed by atoms with Gasteiger partial charge < -0.3 is 20.1 Å². The molecule has 0 bridgehead atoms. The number of nitrogens with one attached hydrogen (secondary N) is 2. The topological polar surface area (TPSA) is 76.7 Å². The summed E-state index contributed by atoms with van der Waals surface area (Å²) < 4.78 is 11.0. The predicted octanol–water partition coefficient (Wildman–Crippen LogP) is 3.60. The van der Waals surface area contributed by atoms with Crippen molar-refractivity contribution in [3.63, 3.8) is 0 Å². The van der Waals surface area contributed by atoms with Crippen LogP contribution in [0.4, 0.5) is 0 Å². The van der Waals surface area contributed by atoms with Gasteiger partial charge >= 0.3 is 0 Å². The zero-order valence-electron chi connectivity index (χ0n) is 17.4. The molecule has 164 valence electrons. The Morgan fingerprint density at radius 2 is 2.10 bits per heavy atom. The summed E-state index contributed by atoms with van der Waals surface area (Å²) in [6.07, 6.45) is 3.77. The third-order valence-electron chi connectivity index (χ3n) is 5.27. The first-order chi connectivity index (χ1) is 14.5. The van der Waals surface area contributed by atoms with Crippen LogP contribution in [-0.2, 0) is 19.1 Å². The van der Waals surface area contributed by atoms with Crippen molar-refractivity contribution >= 4 is 41.3 Å². The van der Waals surface area contributed by atoms with Gasteiger partial charge in [0.2, 0.25) is 5.91 Å². The molecule has 1 aliphatic heterocycles. The average molecular weight is 453 g/mol. The summed E-state index contributed by atoms with van der Waals surface area (Å²) in [4.78, 5) is 25.9. The van der Waals surface area contributed by atoms with Gasteiger partial charge in [-0.05, 0) is 56.9 Å². The summed E-state index contributed by atoms with van der Waals surface area (Å²) in [6, 6.07) is 7.45. The molecule has 1 aliphatic carbocycles. The van der Waals surface area contributed by atoms with Crippen molar-refractivity contribution in [3.05, 3.63) is 39.8 Å². The number of carbonyl (C=O) groups excluding carboxylic acids is 2. The molecule has 3 atom stereocenters. The summed E-state index contributed by atoms with van der Waals surface area (Å²) in [5.74, 6) is -0.207. The molecule has 3 rings (SSSR count). The Balaban J connectivity index is 1.55. The van der Waals surface area contributed by atoms with E-state index in [1.165, 1.54) is 0 Å². The molecule has 1 aromatic carbocycles. The van der Waals surface area contributed by atoms with Crippen LogP contribution in [0.2, 0.25) is 5.02 Å². The molecule has 0 radical (unpaired) electrons. The Kier molecular flexibility index (Phi) is 8.62. The Morgan fingerprint density at radius 1 is 1.33 bits per heavy atom. The van der Waals surface area contributed by atoms with E-state index in [2.05, 4.69) is 10.6 Å². The summed E-state index contributed by atoms with van der Waals surface area (Å²) in [5.41, 5.74) is 0.907. The minimum atomic E-state index is -0.426. The van der Waals surface area contributed by atoms with Crippen LogP contribution >= 0.6 is 23.4 Å². The lowest BCUT2D eigenvalue weighted by atomic mass is 9.84. The fraction of sp³-hybridized carbons (Fsp3) is 0.545. The maximum Gasteiger partial charge on any atom is 0.257 e. The fourth-order valence-corrected chi connectivity index (χ4v) is 5.34. The maximum atomic E-state index is 12.6. The number of fused-ring (bicyclic) bond motifs is 1. The third-order valence-corrected chi connectivity index (χ3v) is 6.93. The molecule has 1 saturated carbocycles. The first-order valence-corrected chi connectivity index (χ1v) is 11.7. The lowest BCUT2D eigenvalue weighted by molar-refractivity contribution is -0.142. The minimum absolute atomic E-state index is 0.00177. The lowest BCUT2D eigenvalue weighted by Crippen LogP contribution is -2.52. The zero-order valence-corrected chi connectivity index (χ0v) is 18.9. The SMILES string of the molecule is CCOC(CNC(=O)C1CCC2S/C(=C/c3cccc(Cl)c3)C(=O)NC2C1)OCC. The molecule has 3 unspecified atom stereocenters. The molecule has 2 amide bonds. The summed E-state index contributed by atoms with van der Waals surface area (Å²) >= 11 is 7.65. The second-order valence-corrected chi connectivity index (χ2v) is 9.11. The molecular weight excluding hydrogens is 424 g/mol. The molecule has 30 heavy (non-hydrogen) atoms. The Hall–Kier alpha value is -1.54. The van der Waals surface area contributed by atoms with Gasteiger partial charge in [-0.2, -0.15) is 0 Å². The fourth-order valence-electron chi connectivity index (χ4n) is 3.84. The van der Waals surface area contributed by atoms with Gasteiger partial charge in [-0.25, -0.2) is 0 Å². The van der Waals surface area contributed by atoms with E-state index in [1.807, 2.05) is 44.2 Å². The number of hydrogen-bond donors (Lipinski definition) is 2. The predicted molar refractivity (Wildman–Crippen MR) is 120 cm³/mol. The number of hydrogen-bond acceptors (Lipinski definition) is 5. The van der Waals surface area contributed by atoms with Gasteiger partial charge in [-0.1, -0.05) is 23.7 Å². The highest BCUT2D eigenvalue weighted by atomic mass is 35.5. The minimum Gasteiger partial charge on any atom is -0.351 e. The van der Waals surface area contributed by atoms with Crippen LogP contribution < -0.4 is 10.6 Å². The highest BCUT2D eigenvalue weighted by molar-refractivity contribution is 8.04. The molecule has 2 fully saturated rings. The number of carbonyl (C=O) groups is 2. The van der Waals surface area contributed by atoms with E-state index in [9.17, 15) is 9.59 Å². The van der Waals surface area contributed by atoms with E-state index < -0.39 is 6.29 Å². The molecule has 2 N–H and O–H groups in total. The number of thioether (sulfide) groups is 1. The van der Waals surface area contributed by atoms with Gasteiger partial charge in [-0.3, -0.25) is 9.59 Å². The van der Waals surface area contributed by atoms with Gasteiger partial charge in [0.1, 0.15) is 0 Å². The summed E-state index contributed by atoms with van der Waals surface area (Å²) in [6.45, 7) is 5.18. The van der Waals surface area contributed by atoms with Crippen LogP contribution in [0.1, 0.15) is 38.7 Å². The van der Waals surface area contributed by atoms with Gasteiger partial charge in [0, 0.05) is 35.4 Å². The molecule has 1 aromatic rings. The number of halogens is 1. The Labute approximate surface area is 187 Å². The van der Waals surface area contributed by atoms with Gasteiger partial charge in [0.15, 0.2) is 6.29 Å². The molecule has 0 aromatic heterocycles. The van der Waals surface area contributed by atoms with E-state index in [4.69, 9.17) is 21.1 Å². The number of amides is 2. The van der Waals surface area contributed by atoms with E-state index in [0.29, 0.717) is 36.1 Å². The van der Waals surface area contributed by atoms with Crippen molar-refractivity contribution in [1.82, 2.24) is 10.6 Å². The molecule has 0 spiro atoms. The van der Waals surface area contributed by atoms with Crippen LogP contribution in [-0.4, -0.2) is 49.2 Å². The monoisotopic (exact) mass is 452 g/mol. The number of benzene rings is 1. The zero-order chi connectivity index (χ0) is 21.5. The van der Waals surface area contributed by atoms with Crippen LogP contribution in [0.5, 0.6) is 0 Å². The molecular formula is C22H29ClN2O4S. The molecule has 1 heterocycles. The highest BCUT2D eigenvalue weighted by Crippen LogP contribution is 2.40. The van der Waals surface area contributed by atoms with E-state index >= 15 is 0 Å².